The van der Waals surface area contributed by atoms with Gasteiger partial charge in [0.15, 0.2) is 5.13 Å². The van der Waals surface area contributed by atoms with Gasteiger partial charge in [-0.25, -0.2) is 9.97 Å². The molecule has 0 bridgehead atoms. The summed E-state index contributed by atoms with van der Waals surface area (Å²) in [5, 5.41) is 6.36. The van der Waals surface area contributed by atoms with Crippen LogP contribution in [-0.4, -0.2) is 40.5 Å². The lowest BCUT2D eigenvalue weighted by Crippen LogP contribution is -2.32. The van der Waals surface area contributed by atoms with Gasteiger partial charge in [-0.2, -0.15) is 0 Å². The van der Waals surface area contributed by atoms with Crippen LogP contribution in [0.4, 0.5) is 5.13 Å². The van der Waals surface area contributed by atoms with E-state index in [1.807, 2.05) is 29.6 Å². The van der Waals surface area contributed by atoms with Gasteiger partial charge < -0.3 is 4.74 Å². The number of hydrogen-bond acceptors (Lipinski definition) is 7. The van der Waals surface area contributed by atoms with Crippen molar-refractivity contribution in [2.45, 2.75) is 32.9 Å². The van der Waals surface area contributed by atoms with Crippen molar-refractivity contribution in [2.24, 2.45) is 5.92 Å². The fourth-order valence-electron chi connectivity index (χ4n) is 3.25. The molecule has 0 radical (unpaired) electrons. The summed E-state index contributed by atoms with van der Waals surface area (Å²) in [6, 6.07) is 7.97. The molecule has 3 aromatic rings. The van der Waals surface area contributed by atoms with Crippen LogP contribution in [0.1, 0.15) is 30.5 Å². The van der Waals surface area contributed by atoms with E-state index in [0.29, 0.717) is 11.7 Å². The number of nitrogens with one attached hydrogen (secondary N) is 1. The predicted molar refractivity (Wildman–Crippen MR) is 114 cm³/mol. The number of ether oxygens (including phenoxy) is 1. The second-order valence-electron chi connectivity index (χ2n) is 7.22. The van der Waals surface area contributed by atoms with Gasteiger partial charge in [-0.05, 0) is 44.0 Å². The standard InChI is InChI=1S/C20H24N4O2S2/c1-14-6-8-24(9-7-14)10-15-13-27-20(21-15)23-18(25)11-26-12-19-22-16-4-2-3-5-17(16)28-19/h2-5,13-14H,6-12H2,1H3,(H,21,23,25). The Morgan fingerprint density at radius 3 is 2.93 bits per heavy atom. The maximum atomic E-state index is 12.1. The normalized spacial score (nSPS) is 15.9. The van der Waals surface area contributed by atoms with Gasteiger partial charge in [-0.1, -0.05) is 19.1 Å². The summed E-state index contributed by atoms with van der Waals surface area (Å²) in [7, 11) is 0. The van der Waals surface area contributed by atoms with Crippen LogP contribution in [0.15, 0.2) is 29.6 Å². The largest absolute Gasteiger partial charge is 0.364 e. The quantitative estimate of drug-likeness (QED) is 0.627. The molecule has 28 heavy (non-hydrogen) atoms. The third-order valence-corrected chi connectivity index (χ3v) is 6.67. The van der Waals surface area contributed by atoms with E-state index in [9.17, 15) is 4.79 Å². The Balaban J connectivity index is 1.21. The Labute approximate surface area is 172 Å². The van der Waals surface area contributed by atoms with Gasteiger partial charge in [0.25, 0.3) is 5.91 Å². The van der Waals surface area contributed by atoms with Crippen LogP contribution in [0.5, 0.6) is 0 Å². The zero-order valence-electron chi connectivity index (χ0n) is 15.9. The molecule has 0 saturated carbocycles. The summed E-state index contributed by atoms with van der Waals surface area (Å²) in [5.41, 5.74) is 1.99. The molecule has 148 valence electrons. The van der Waals surface area contributed by atoms with Gasteiger partial charge in [-0.15, -0.1) is 22.7 Å². The summed E-state index contributed by atoms with van der Waals surface area (Å²) in [4.78, 5) is 23.6. The third kappa shape index (κ3) is 5.14. The van der Waals surface area contributed by atoms with Crippen LogP contribution in [0.25, 0.3) is 10.2 Å². The number of hydrogen-bond donors (Lipinski definition) is 1. The van der Waals surface area contributed by atoms with Gasteiger partial charge in [-0.3, -0.25) is 15.0 Å². The van der Waals surface area contributed by atoms with Crippen molar-refractivity contribution in [1.29, 1.82) is 0 Å². The first kappa shape index (κ1) is 19.4. The molecule has 8 heteroatoms. The maximum absolute atomic E-state index is 12.1. The molecule has 2 aromatic heterocycles. The van der Waals surface area contributed by atoms with E-state index >= 15 is 0 Å². The van der Waals surface area contributed by atoms with E-state index in [1.54, 1.807) is 11.3 Å². The number of likely N-dealkylation sites (tertiary alicyclic amines) is 1. The number of anilines is 1. The van der Waals surface area contributed by atoms with Crippen molar-refractivity contribution in [3.63, 3.8) is 0 Å². The molecule has 3 heterocycles. The molecule has 1 amide bonds. The first-order valence-corrected chi connectivity index (χ1v) is 11.2. The highest BCUT2D eigenvalue weighted by Crippen LogP contribution is 2.22. The number of rotatable bonds is 7. The number of fused-ring (bicyclic) bond motifs is 1. The number of aromatic nitrogens is 2. The zero-order chi connectivity index (χ0) is 19.3. The average molecular weight is 417 g/mol. The second-order valence-corrected chi connectivity index (χ2v) is 9.19. The number of nitrogens with zero attached hydrogens (tertiary/aromatic N) is 3. The number of carbonyl (C=O) groups excluding carboxylic acids is 1. The Bertz CT molecular complexity index is 898. The van der Waals surface area contributed by atoms with Crippen molar-refractivity contribution in [3.05, 3.63) is 40.3 Å². The van der Waals surface area contributed by atoms with E-state index in [2.05, 4.69) is 27.1 Å². The van der Waals surface area contributed by atoms with E-state index in [0.717, 1.165) is 46.5 Å². The Morgan fingerprint density at radius 1 is 1.29 bits per heavy atom. The first-order chi connectivity index (χ1) is 13.7. The maximum Gasteiger partial charge on any atom is 0.252 e. The third-order valence-electron chi connectivity index (χ3n) is 4.86. The molecule has 1 aliphatic heterocycles. The van der Waals surface area contributed by atoms with Crippen molar-refractivity contribution in [1.82, 2.24) is 14.9 Å². The first-order valence-electron chi connectivity index (χ1n) is 9.54. The number of thiazole rings is 2. The van der Waals surface area contributed by atoms with E-state index < -0.39 is 0 Å². The molecular weight excluding hydrogens is 392 g/mol. The predicted octanol–water partition coefficient (Wildman–Crippen LogP) is 4.14. The fourth-order valence-corrected chi connectivity index (χ4v) is 4.88. The number of carbonyl (C=O) groups is 1. The lowest BCUT2D eigenvalue weighted by atomic mass is 9.99. The minimum Gasteiger partial charge on any atom is -0.364 e. The van der Waals surface area contributed by atoms with Crippen LogP contribution >= 0.6 is 22.7 Å². The van der Waals surface area contributed by atoms with Gasteiger partial charge in [0, 0.05) is 11.9 Å². The Kier molecular flexibility index (Phi) is 6.31. The molecule has 0 atom stereocenters. The van der Waals surface area contributed by atoms with Gasteiger partial charge in [0.05, 0.1) is 22.5 Å². The average Bonchev–Trinajstić information content (AvgIpc) is 3.29. The van der Waals surface area contributed by atoms with E-state index in [-0.39, 0.29) is 12.5 Å². The van der Waals surface area contributed by atoms with Gasteiger partial charge in [0.2, 0.25) is 0 Å². The molecule has 0 unspecified atom stereocenters. The van der Waals surface area contributed by atoms with Crippen molar-refractivity contribution < 1.29 is 9.53 Å². The smallest absolute Gasteiger partial charge is 0.252 e. The molecule has 1 saturated heterocycles. The molecular formula is C20H24N4O2S2. The SMILES string of the molecule is CC1CCN(Cc2csc(NC(=O)COCc3nc4ccccc4s3)n2)CC1. The molecule has 0 spiro atoms. The number of para-hydroxylation sites is 1. The van der Waals surface area contributed by atoms with Crippen molar-refractivity contribution >= 4 is 43.9 Å². The fraction of sp³-hybridized carbons (Fsp3) is 0.450. The zero-order valence-corrected chi connectivity index (χ0v) is 17.5. The highest BCUT2D eigenvalue weighted by molar-refractivity contribution is 7.18. The van der Waals surface area contributed by atoms with Gasteiger partial charge in [0.1, 0.15) is 11.6 Å². The lowest BCUT2D eigenvalue weighted by Gasteiger charge is -2.29. The molecule has 1 aliphatic rings. The monoisotopic (exact) mass is 416 g/mol. The van der Waals surface area contributed by atoms with Crippen LogP contribution < -0.4 is 5.32 Å². The summed E-state index contributed by atoms with van der Waals surface area (Å²) in [6.07, 6.45) is 2.50. The summed E-state index contributed by atoms with van der Waals surface area (Å²) in [6.45, 7) is 5.75. The van der Waals surface area contributed by atoms with Crippen LogP contribution in [-0.2, 0) is 22.7 Å². The van der Waals surface area contributed by atoms with E-state index in [1.165, 1.54) is 24.2 Å². The highest BCUT2D eigenvalue weighted by atomic mass is 32.1. The molecule has 1 fully saturated rings. The highest BCUT2D eigenvalue weighted by Gasteiger charge is 2.17. The molecule has 1 aromatic carbocycles. The summed E-state index contributed by atoms with van der Waals surface area (Å²) >= 11 is 3.05. The minimum absolute atomic E-state index is 0.00511. The number of piperidine rings is 1. The van der Waals surface area contributed by atoms with Crippen LogP contribution in [0, 0.1) is 5.92 Å². The minimum atomic E-state index is -0.186. The summed E-state index contributed by atoms with van der Waals surface area (Å²) in [5.74, 6) is 0.637. The lowest BCUT2D eigenvalue weighted by molar-refractivity contribution is -0.121. The molecule has 1 N–H and O–H groups in total. The Hall–Kier alpha value is -1.87. The molecule has 0 aliphatic carbocycles. The Morgan fingerprint density at radius 2 is 2.11 bits per heavy atom. The topological polar surface area (TPSA) is 67.4 Å². The van der Waals surface area contributed by atoms with Crippen LogP contribution in [0.2, 0.25) is 0 Å². The second kappa shape index (κ2) is 9.09. The summed E-state index contributed by atoms with van der Waals surface area (Å²) < 4.78 is 6.65. The number of amides is 1. The van der Waals surface area contributed by atoms with Crippen molar-refractivity contribution in [2.75, 3.05) is 25.0 Å². The van der Waals surface area contributed by atoms with Crippen LogP contribution in [0.3, 0.4) is 0 Å². The molecule has 6 nitrogen and oxygen atoms in total. The van der Waals surface area contributed by atoms with Gasteiger partial charge >= 0.3 is 0 Å². The van der Waals surface area contributed by atoms with Crippen molar-refractivity contribution in [3.8, 4) is 0 Å². The number of benzene rings is 1. The molecule has 4 rings (SSSR count). The van der Waals surface area contributed by atoms with E-state index in [4.69, 9.17) is 4.74 Å².